The standard InChI is InChI=1S/C19H16N6O/c20-7-12-1-4-16(19-22-9-13(8-21)10-23-19)18(5-12)26-15-6-17(14-2-3-14)25-24-11-15/h1,4-6,9-11,14H,2-3,8,21H2. The maximum absolute atomic E-state index is 9.21. The summed E-state index contributed by atoms with van der Waals surface area (Å²) >= 11 is 0. The molecule has 0 amide bonds. The van der Waals surface area contributed by atoms with Crippen LogP contribution in [0.25, 0.3) is 11.4 Å². The van der Waals surface area contributed by atoms with Gasteiger partial charge in [-0.25, -0.2) is 9.97 Å². The first-order chi connectivity index (χ1) is 12.8. The molecule has 4 rings (SSSR count). The molecule has 0 atom stereocenters. The van der Waals surface area contributed by atoms with Gasteiger partial charge < -0.3 is 10.5 Å². The fourth-order valence-corrected chi connectivity index (χ4v) is 2.59. The fourth-order valence-electron chi connectivity index (χ4n) is 2.59. The second-order valence-electron chi connectivity index (χ2n) is 6.13. The lowest BCUT2D eigenvalue weighted by Crippen LogP contribution is -2.00. The minimum Gasteiger partial charge on any atom is -0.455 e. The number of nitrogens with two attached hydrogens (primary N) is 1. The summed E-state index contributed by atoms with van der Waals surface area (Å²) in [5, 5.41) is 17.4. The van der Waals surface area contributed by atoms with E-state index in [2.05, 4.69) is 26.2 Å². The molecule has 1 aliphatic rings. The quantitative estimate of drug-likeness (QED) is 0.757. The summed E-state index contributed by atoms with van der Waals surface area (Å²) in [6.07, 6.45) is 7.20. The van der Waals surface area contributed by atoms with Crippen molar-refractivity contribution in [2.45, 2.75) is 25.3 Å². The summed E-state index contributed by atoms with van der Waals surface area (Å²) in [4.78, 5) is 8.70. The van der Waals surface area contributed by atoms with Crippen LogP contribution in [-0.4, -0.2) is 20.2 Å². The average Bonchev–Trinajstić information content (AvgIpc) is 3.54. The molecule has 0 unspecified atom stereocenters. The van der Waals surface area contributed by atoms with E-state index in [0.29, 0.717) is 40.9 Å². The van der Waals surface area contributed by atoms with Gasteiger partial charge in [0, 0.05) is 36.5 Å². The van der Waals surface area contributed by atoms with Gasteiger partial charge in [0.1, 0.15) is 11.5 Å². The van der Waals surface area contributed by atoms with Crippen molar-refractivity contribution in [3.8, 4) is 29.0 Å². The molecule has 0 radical (unpaired) electrons. The van der Waals surface area contributed by atoms with Gasteiger partial charge in [0.05, 0.1) is 29.1 Å². The lowest BCUT2D eigenvalue weighted by molar-refractivity contribution is 0.478. The van der Waals surface area contributed by atoms with Gasteiger partial charge in [-0.3, -0.25) is 0 Å². The minimum atomic E-state index is 0.379. The van der Waals surface area contributed by atoms with Crippen molar-refractivity contribution < 1.29 is 4.74 Å². The van der Waals surface area contributed by atoms with Crippen molar-refractivity contribution in [1.29, 1.82) is 5.26 Å². The Morgan fingerprint density at radius 1 is 1.15 bits per heavy atom. The van der Waals surface area contributed by atoms with Crippen LogP contribution in [0.2, 0.25) is 0 Å². The summed E-state index contributed by atoms with van der Waals surface area (Å²) in [5.74, 6) is 2.06. The van der Waals surface area contributed by atoms with Gasteiger partial charge in [-0.2, -0.15) is 15.5 Å². The van der Waals surface area contributed by atoms with Crippen LogP contribution in [0.1, 0.15) is 35.6 Å². The molecular weight excluding hydrogens is 328 g/mol. The van der Waals surface area contributed by atoms with Gasteiger partial charge in [0.2, 0.25) is 0 Å². The fraction of sp³-hybridized carbons (Fsp3) is 0.211. The number of nitrogens with zero attached hydrogens (tertiary/aromatic N) is 5. The minimum absolute atomic E-state index is 0.379. The van der Waals surface area contributed by atoms with Crippen LogP contribution >= 0.6 is 0 Å². The van der Waals surface area contributed by atoms with E-state index in [1.165, 1.54) is 0 Å². The van der Waals surface area contributed by atoms with Crippen LogP contribution in [0.3, 0.4) is 0 Å². The summed E-state index contributed by atoms with van der Waals surface area (Å²) in [5.41, 5.74) is 8.56. The van der Waals surface area contributed by atoms with Crippen molar-refractivity contribution >= 4 is 0 Å². The number of nitriles is 1. The lowest BCUT2D eigenvalue weighted by Gasteiger charge is -2.11. The van der Waals surface area contributed by atoms with E-state index < -0.39 is 0 Å². The Bertz CT molecular complexity index is 976. The van der Waals surface area contributed by atoms with Crippen molar-refractivity contribution in [2.24, 2.45) is 5.73 Å². The Labute approximate surface area is 150 Å². The number of aromatic nitrogens is 4. The Hall–Kier alpha value is -3.37. The third-order valence-electron chi connectivity index (χ3n) is 4.16. The van der Waals surface area contributed by atoms with E-state index in [0.717, 1.165) is 24.1 Å². The third kappa shape index (κ3) is 3.36. The number of benzene rings is 1. The highest BCUT2D eigenvalue weighted by atomic mass is 16.5. The Kier molecular flexibility index (Phi) is 4.25. The predicted molar refractivity (Wildman–Crippen MR) is 94.2 cm³/mol. The van der Waals surface area contributed by atoms with Crippen LogP contribution in [-0.2, 0) is 6.54 Å². The van der Waals surface area contributed by atoms with Crippen molar-refractivity contribution in [3.05, 3.63) is 59.7 Å². The molecule has 7 nitrogen and oxygen atoms in total. The zero-order valence-corrected chi connectivity index (χ0v) is 14.0. The third-order valence-corrected chi connectivity index (χ3v) is 4.16. The van der Waals surface area contributed by atoms with Crippen LogP contribution < -0.4 is 10.5 Å². The molecule has 7 heteroatoms. The van der Waals surface area contributed by atoms with Gasteiger partial charge in [-0.1, -0.05) is 0 Å². The van der Waals surface area contributed by atoms with E-state index in [-0.39, 0.29) is 0 Å². The molecule has 2 N–H and O–H groups in total. The lowest BCUT2D eigenvalue weighted by atomic mass is 10.1. The number of rotatable bonds is 5. The highest BCUT2D eigenvalue weighted by Crippen LogP contribution is 2.40. The van der Waals surface area contributed by atoms with E-state index in [1.54, 1.807) is 36.8 Å². The topological polar surface area (TPSA) is 111 Å². The van der Waals surface area contributed by atoms with E-state index in [9.17, 15) is 5.26 Å². The van der Waals surface area contributed by atoms with Crippen LogP contribution in [0, 0.1) is 11.3 Å². The van der Waals surface area contributed by atoms with Gasteiger partial charge >= 0.3 is 0 Å². The van der Waals surface area contributed by atoms with Crippen molar-refractivity contribution in [2.75, 3.05) is 0 Å². The summed E-state index contributed by atoms with van der Waals surface area (Å²) in [6, 6.07) is 9.18. The molecule has 1 saturated carbocycles. The van der Waals surface area contributed by atoms with Crippen molar-refractivity contribution in [3.63, 3.8) is 0 Å². The highest BCUT2D eigenvalue weighted by Gasteiger charge is 2.26. The SMILES string of the molecule is N#Cc1ccc(-c2ncc(CN)cn2)c(Oc2cnnc(C3CC3)c2)c1. The number of ether oxygens (including phenoxy) is 1. The molecule has 1 aromatic carbocycles. The molecule has 128 valence electrons. The Balaban J connectivity index is 1.71. The second-order valence-corrected chi connectivity index (χ2v) is 6.13. The molecule has 26 heavy (non-hydrogen) atoms. The summed E-state index contributed by atoms with van der Waals surface area (Å²) in [7, 11) is 0. The molecule has 2 heterocycles. The largest absolute Gasteiger partial charge is 0.455 e. The van der Waals surface area contributed by atoms with Crippen LogP contribution in [0.5, 0.6) is 11.5 Å². The maximum Gasteiger partial charge on any atom is 0.162 e. The normalized spacial score (nSPS) is 13.2. The summed E-state index contributed by atoms with van der Waals surface area (Å²) in [6.45, 7) is 0.379. The first-order valence-electron chi connectivity index (χ1n) is 8.33. The molecular formula is C19H16N6O. The Morgan fingerprint density at radius 2 is 1.96 bits per heavy atom. The summed E-state index contributed by atoms with van der Waals surface area (Å²) < 4.78 is 6.02. The second kappa shape index (κ2) is 6.86. The van der Waals surface area contributed by atoms with Crippen LogP contribution in [0.15, 0.2) is 42.9 Å². The first-order valence-corrected chi connectivity index (χ1v) is 8.33. The first kappa shape index (κ1) is 16.1. The molecule has 0 saturated heterocycles. The van der Waals surface area contributed by atoms with Crippen LogP contribution in [0.4, 0.5) is 0 Å². The molecule has 1 aliphatic carbocycles. The Morgan fingerprint density at radius 3 is 2.65 bits per heavy atom. The van der Waals surface area contributed by atoms with Gasteiger partial charge in [0.25, 0.3) is 0 Å². The number of hydrogen-bond donors (Lipinski definition) is 1. The van der Waals surface area contributed by atoms with E-state index in [1.807, 2.05) is 6.07 Å². The highest BCUT2D eigenvalue weighted by molar-refractivity contribution is 5.66. The average molecular weight is 344 g/mol. The van der Waals surface area contributed by atoms with E-state index in [4.69, 9.17) is 10.5 Å². The van der Waals surface area contributed by atoms with E-state index >= 15 is 0 Å². The van der Waals surface area contributed by atoms with Gasteiger partial charge in [0.15, 0.2) is 5.82 Å². The zero-order chi connectivity index (χ0) is 17.9. The molecule has 0 spiro atoms. The molecule has 1 fully saturated rings. The van der Waals surface area contributed by atoms with Crippen molar-refractivity contribution in [1.82, 2.24) is 20.2 Å². The molecule has 0 aliphatic heterocycles. The van der Waals surface area contributed by atoms with Gasteiger partial charge in [-0.15, -0.1) is 0 Å². The predicted octanol–water partition coefficient (Wildman–Crippen LogP) is 2.93. The smallest absolute Gasteiger partial charge is 0.162 e. The molecule has 2 aromatic heterocycles. The zero-order valence-electron chi connectivity index (χ0n) is 14.0. The number of hydrogen-bond acceptors (Lipinski definition) is 7. The van der Waals surface area contributed by atoms with Gasteiger partial charge in [-0.05, 0) is 31.0 Å². The molecule has 3 aromatic rings. The maximum atomic E-state index is 9.21. The molecule has 0 bridgehead atoms. The monoisotopic (exact) mass is 344 g/mol.